The van der Waals surface area contributed by atoms with Crippen molar-refractivity contribution in [2.75, 3.05) is 7.11 Å². The van der Waals surface area contributed by atoms with Crippen LogP contribution in [0.25, 0.3) is 21.8 Å². The van der Waals surface area contributed by atoms with Gasteiger partial charge < -0.3 is 15.0 Å². The fraction of sp³-hybridized carbons (Fsp3) is 0.381. The van der Waals surface area contributed by atoms with Gasteiger partial charge in [0.05, 0.1) is 12.6 Å². The van der Waals surface area contributed by atoms with Crippen molar-refractivity contribution in [3.63, 3.8) is 0 Å². The molecule has 0 spiro atoms. The second kappa shape index (κ2) is 6.84. The van der Waals surface area contributed by atoms with Gasteiger partial charge in [-0.05, 0) is 49.1 Å². The van der Waals surface area contributed by atoms with Gasteiger partial charge in [-0.2, -0.15) is 0 Å². The number of hydrogen-bond donors (Lipinski definition) is 1. The Kier molecular flexibility index (Phi) is 4.53. The standard InChI is InChI=1S/C21H23ClN2O2/c1-26-18-10-8-15(21(23)25)19-16-11-14(22)7-9-17(16)24(20(18)19)12-13-5-3-2-4-6-13/h7-11,13H,2-6,12H2,1H3,(H2,23,25). The minimum Gasteiger partial charge on any atom is -0.495 e. The molecule has 0 atom stereocenters. The second-order valence-electron chi connectivity index (χ2n) is 7.18. The monoisotopic (exact) mass is 370 g/mol. The van der Waals surface area contributed by atoms with Crippen LogP contribution in [0.3, 0.4) is 0 Å². The second-order valence-corrected chi connectivity index (χ2v) is 7.62. The molecule has 3 aromatic rings. The van der Waals surface area contributed by atoms with E-state index in [0.29, 0.717) is 16.5 Å². The molecule has 2 aromatic carbocycles. The van der Waals surface area contributed by atoms with Crippen LogP contribution in [-0.2, 0) is 6.54 Å². The third-order valence-electron chi connectivity index (χ3n) is 5.58. The van der Waals surface area contributed by atoms with Gasteiger partial charge in [0.2, 0.25) is 5.91 Å². The Hall–Kier alpha value is -2.20. The summed E-state index contributed by atoms with van der Waals surface area (Å²) in [6.07, 6.45) is 6.39. The number of fused-ring (bicyclic) bond motifs is 3. The van der Waals surface area contributed by atoms with E-state index in [0.717, 1.165) is 34.1 Å². The van der Waals surface area contributed by atoms with E-state index < -0.39 is 5.91 Å². The quantitative estimate of drug-likeness (QED) is 0.691. The minimum absolute atomic E-state index is 0.436. The van der Waals surface area contributed by atoms with Gasteiger partial charge in [-0.3, -0.25) is 4.79 Å². The van der Waals surface area contributed by atoms with Crippen molar-refractivity contribution in [2.45, 2.75) is 38.6 Å². The summed E-state index contributed by atoms with van der Waals surface area (Å²) in [6, 6.07) is 9.43. The van der Waals surface area contributed by atoms with Gasteiger partial charge in [0.15, 0.2) is 0 Å². The molecular formula is C21H23ClN2O2. The van der Waals surface area contributed by atoms with E-state index in [1.54, 1.807) is 13.2 Å². The lowest BCUT2D eigenvalue weighted by Gasteiger charge is -2.23. The average molecular weight is 371 g/mol. The fourth-order valence-corrected chi connectivity index (χ4v) is 4.54. The molecule has 1 aliphatic rings. The van der Waals surface area contributed by atoms with E-state index in [1.807, 2.05) is 24.3 Å². The highest BCUT2D eigenvalue weighted by Gasteiger charge is 2.23. The summed E-state index contributed by atoms with van der Waals surface area (Å²) in [5, 5.41) is 2.44. The number of benzene rings is 2. The van der Waals surface area contributed by atoms with Gasteiger partial charge in [-0.1, -0.05) is 30.9 Å². The minimum atomic E-state index is -0.436. The Bertz CT molecular complexity index is 987. The summed E-state index contributed by atoms with van der Waals surface area (Å²) >= 11 is 6.27. The number of nitrogens with zero attached hydrogens (tertiary/aromatic N) is 1. The fourth-order valence-electron chi connectivity index (χ4n) is 4.36. The number of aromatic nitrogens is 1. The molecule has 4 rings (SSSR count). The van der Waals surface area contributed by atoms with Crippen LogP contribution < -0.4 is 10.5 Å². The number of rotatable bonds is 4. The Morgan fingerprint density at radius 1 is 1.23 bits per heavy atom. The van der Waals surface area contributed by atoms with E-state index in [9.17, 15) is 4.79 Å². The summed E-state index contributed by atoms with van der Waals surface area (Å²) in [6.45, 7) is 0.917. The predicted molar refractivity (Wildman–Crippen MR) is 106 cm³/mol. The van der Waals surface area contributed by atoms with Crippen LogP contribution in [0.5, 0.6) is 5.75 Å². The zero-order valence-electron chi connectivity index (χ0n) is 14.9. The summed E-state index contributed by atoms with van der Waals surface area (Å²) in [5.74, 6) is 0.961. The third kappa shape index (κ3) is 2.82. The molecule has 1 heterocycles. The molecule has 5 heteroatoms. The lowest BCUT2D eigenvalue weighted by molar-refractivity contribution is 0.100. The van der Waals surface area contributed by atoms with Crippen LogP contribution in [0.15, 0.2) is 30.3 Å². The first-order valence-corrected chi connectivity index (χ1v) is 9.56. The first kappa shape index (κ1) is 17.2. The Morgan fingerprint density at radius 3 is 2.69 bits per heavy atom. The van der Waals surface area contributed by atoms with E-state index in [2.05, 4.69) is 4.57 Å². The summed E-state index contributed by atoms with van der Waals surface area (Å²) in [5.41, 5.74) is 8.19. The average Bonchev–Trinajstić information content (AvgIpc) is 2.95. The summed E-state index contributed by atoms with van der Waals surface area (Å²) < 4.78 is 7.94. The zero-order chi connectivity index (χ0) is 18.3. The molecule has 4 nitrogen and oxygen atoms in total. The number of methoxy groups -OCH3 is 1. The highest BCUT2D eigenvalue weighted by molar-refractivity contribution is 6.32. The van der Waals surface area contributed by atoms with Crippen LogP contribution in [-0.4, -0.2) is 17.6 Å². The van der Waals surface area contributed by atoms with Crippen LogP contribution in [0.2, 0.25) is 5.02 Å². The number of carbonyl (C=O) groups excluding carboxylic acids is 1. The van der Waals surface area contributed by atoms with Crippen molar-refractivity contribution in [1.29, 1.82) is 0 Å². The van der Waals surface area contributed by atoms with Gasteiger partial charge in [-0.25, -0.2) is 0 Å². The van der Waals surface area contributed by atoms with Gasteiger partial charge >= 0.3 is 0 Å². The van der Waals surface area contributed by atoms with E-state index >= 15 is 0 Å². The van der Waals surface area contributed by atoms with E-state index in [1.165, 1.54) is 32.1 Å². The van der Waals surface area contributed by atoms with Crippen LogP contribution >= 0.6 is 11.6 Å². The lowest BCUT2D eigenvalue weighted by Crippen LogP contribution is -2.15. The highest BCUT2D eigenvalue weighted by Crippen LogP contribution is 2.39. The molecule has 1 saturated carbocycles. The Balaban J connectivity index is 2.03. The molecule has 0 radical (unpaired) electrons. The number of ether oxygens (including phenoxy) is 1. The molecule has 1 aliphatic carbocycles. The van der Waals surface area contributed by atoms with Crippen LogP contribution in [0.4, 0.5) is 0 Å². The van der Waals surface area contributed by atoms with Crippen molar-refractivity contribution >= 4 is 39.3 Å². The largest absolute Gasteiger partial charge is 0.495 e. The first-order chi connectivity index (χ1) is 12.6. The molecule has 136 valence electrons. The molecule has 0 unspecified atom stereocenters. The maximum Gasteiger partial charge on any atom is 0.249 e. The normalized spacial score (nSPS) is 15.6. The zero-order valence-corrected chi connectivity index (χ0v) is 15.7. The van der Waals surface area contributed by atoms with Gasteiger partial charge in [0.25, 0.3) is 0 Å². The molecule has 1 aromatic heterocycles. The third-order valence-corrected chi connectivity index (χ3v) is 5.82. The maximum atomic E-state index is 12.1. The maximum absolute atomic E-state index is 12.1. The molecule has 0 bridgehead atoms. The van der Waals surface area contributed by atoms with Crippen LogP contribution in [0, 0.1) is 5.92 Å². The van der Waals surface area contributed by atoms with Crippen molar-refractivity contribution < 1.29 is 9.53 Å². The van der Waals surface area contributed by atoms with Gasteiger partial charge in [0, 0.05) is 33.4 Å². The topological polar surface area (TPSA) is 57.2 Å². The number of carbonyl (C=O) groups is 1. The molecule has 1 amide bonds. The number of halogens is 1. The molecule has 0 saturated heterocycles. The molecule has 2 N–H and O–H groups in total. The smallest absolute Gasteiger partial charge is 0.249 e. The van der Waals surface area contributed by atoms with Gasteiger partial charge in [0.1, 0.15) is 5.75 Å². The highest BCUT2D eigenvalue weighted by atomic mass is 35.5. The molecular weight excluding hydrogens is 348 g/mol. The number of nitrogens with two attached hydrogens (primary N) is 1. The Morgan fingerprint density at radius 2 is 2.00 bits per heavy atom. The van der Waals surface area contributed by atoms with Crippen molar-refractivity contribution in [3.8, 4) is 5.75 Å². The van der Waals surface area contributed by atoms with Crippen LogP contribution in [0.1, 0.15) is 42.5 Å². The molecule has 1 fully saturated rings. The molecule has 0 aliphatic heterocycles. The van der Waals surface area contributed by atoms with E-state index in [4.69, 9.17) is 22.1 Å². The Labute approximate surface area is 157 Å². The SMILES string of the molecule is COc1ccc(C(N)=O)c2c3cc(Cl)ccc3n(CC3CCCCC3)c12. The predicted octanol–water partition coefficient (Wildman–Crippen LogP) is 5.14. The number of primary amides is 1. The van der Waals surface area contributed by atoms with E-state index in [-0.39, 0.29) is 0 Å². The number of hydrogen-bond acceptors (Lipinski definition) is 2. The summed E-state index contributed by atoms with van der Waals surface area (Å²) in [4.78, 5) is 12.1. The van der Waals surface area contributed by atoms with Crippen molar-refractivity contribution in [3.05, 3.63) is 40.9 Å². The summed E-state index contributed by atoms with van der Waals surface area (Å²) in [7, 11) is 1.66. The first-order valence-electron chi connectivity index (χ1n) is 9.18. The van der Waals surface area contributed by atoms with Crippen molar-refractivity contribution in [2.24, 2.45) is 11.7 Å². The van der Waals surface area contributed by atoms with Gasteiger partial charge in [-0.15, -0.1) is 0 Å². The lowest BCUT2D eigenvalue weighted by atomic mass is 9.89. The molecule has 26 heavy (non-hydrogen) atoms. The number of amides is 1. The van der Waals surface area contributed by atoms with Crippen molar-refractivity contribution in [1.82, 2.24) is 4.57 Å².